The molecule has 0 bridgehead atoms. The van der Waals surface area contributed by atoms with E-state index in [1.54, 1.807) is 0 Å². The number of ether oxygens (including phenoxy) is 1. The highest BCUT2D eigenvalue weighted by Gasteiger charge is 2.27. The van der Waals surface area contributed by atoms with Crippen LogP contribution in [0.3, 0.4) is 0 Å². The van der Waals surface area contributed by atoms with Crippen LogP contribution in [0.2, 0.25) is 0 Å². The van der Waals surface area contributed by atoms with Gasteiger partial charge < -0.3 is 9.64 Å². The lowest BCUT2D eigenvalue weighted by Gasteiger charge is -2.39. The fourth-order valence-corrected chi connectivity index (χ4v) is 5.23. The Bertz CT molecular complexity index is 686. The number of benzene rings is 1. The zero-order valence-corrected chi connectivity index (χ0v) is 16.6. The molecule has 1 aromatic heterocycles. The molecule has 0 amide bonds. The molecule has 0 aliphatic carbocycles. The van der Waals surface area contributed by atoms with Gasteiger partial charge in [-0.2, -0.15) is 0 Å². The van der Waals surface area contributed by atoms with Gasteiger partial charge in [-0.3, -0.25) is 4.90 Å². The second-order valence-corrected chi connectivity index (χ2v) is 8.79. The van der Waals surface area contributed by atoms with Crippen LogP contribution >= 0.6 is 11.3 Å². The predicted octanol–water partition coefficient (Wildman–Crippen LogP) is 4.14. The molecule has 2 atom stereocenters. The Morgan fingerprint density at radius 2 is 1.77 bits per heavy atom. The van der Waals surface area contributed by atoms with Crippen LogP contribution < -0.4 is 4.90 Å². The Balaban J connectivity index is 1.31. The average molecular weight is 372 g/mol. The third-order valence-electron chi connectivity index (χ3n) is 5.45. The molecule has 4 nitrogen and oxygen atoms in total. The first-order valence-corrected chi connectivity index (χ1v) is 10.6. The molecule has 0 N–H and O–H groups in total. The van der Waals surface area contributed by atoms with Gasteiger partial charge >= 0.3 is 0 Å². The minimum absolute atomic E-state index is 0.366. The number of hydrogen-bond donors (Lipinski definition) is 0. The first kappa shape index (κ1) is 18.0. The maximum atomic E-state index is 5.86. The standard InChI is InChI=1S/C21H29N3OS/c1-16-13-23(14-17(2)25-16)15-18-8-10-24(11-9-18)21-22-12-20(26-21)19-6-4-3-5-7-19/h3-7,12,16-18H,8-11,13-15H2,1-2H3. The molecule has 0 radical (unpaired) electrons. The molecule has 2 unspecified atom stereocenters. The maximum Gasteiger partial charge on any atom is 0.185 e. The van der Waals surface area contributed by atoms with E-state index in [0.717, 1.165) is 32.1 Å². The molecule has 2 aliphatic heterocycles. The van der Waals surface area contributed by atoms with Gasteiger partial charge in [-0.15, -0.1) is 0 Å². The summed E-state index contributed by atoms with van der Waals surface area (Å²) < 4.78 is 5.86. The Kier molecular flexibility index (Phi) is 5.57. The van der Waals surface area contributed by atoms with Crippen LogP contribution in [0.5, 0.6) is 0 Å². The topological polar surface area (TPSA) is 28.6 Å². The van der Waals surface area contributed by atoms with E-state index in [2.05, 4.69) is 54.0 Å². The van der Waals surface area contributed by atoms with E-state index < -0.39 is 0 Å². The van der Waals surface area contributed by atoms with Crippen LogP contribution in [0.4, 0.5) is 5.13 Å². The molecule has 2 aliphatic rings. The van der Waals surface area contributed by atoms with Crippen molar-refractivity contribution in [3.05, 3.63) is 36.5 Å². The first-order chi connectivity index (χ1) is 12.7. The van der Waals surface area contributed by atoms with Crippen molar-refractivity contribution in [2.24, 2.45) is 5.92 Å². The highest BCUT2D eigenvalue weighted by molar-refractivity contribution is 7.18. The molecule has 0 saturated carbocycles. The van der Waals surface area contributed by atoms with Crippen molar-refractivity contribution in [3.8, 4) is 10.4 Å². The number of nitrogens with zero attached hydrogens (tertiary/aromatic N) is 3. The molecule has 3 heterocycles. The minimum atomic E-state index is 0.366. The lowest BCUT2D eigenvalue weighted by atomic mass is 9.96. The number of anilines is 1. The molecule has 4 rings (SSSR count). The summed E-state index contributed by atoms with van der Waals surface area (Å²) in [6.07, 6.45) is 5.29. The fraction of sp³-hybridized carbons (Fsp3) is 0.571. The molecular formula is C21H29N3OS. The first-order valence-electron chi connectivity index (χ1n) is 9.81. The van der Waals surface area contributed by atoms with Gasteiger partial charge in [0.25, 0.3) is 0 Å². The van der Waals surface area contributed by atoms with E-state index in [-0.39, 0.29) is 0 Å². The molecule has 26 heavy (non-hydrogen) atoms. The summed E-state index contributed by atoms with van der Waals surface area (Å²) >= 11 is 1.82. The zero-order chi connectivity index (χ0) is 17.9. The molecule has 0 spiro atoms. The molecular weight excluding hydrogens is 342 g/mol. The van der Waals surface area contributed by atoms with E-state index in [1.807, 2.05) is 17.5 Å². The number of rotatable bonds is 4. The summed E-state index contributed by atoms with van der Waals surface area (Å²) in [5, 5.41) is 1.18. The summed E-state index contributed by atoms with van der Waals surface area (Å²) in [6.45, 7) is 10.0. The lowest BCUT2D eigenvalue weighted by molar-refractivity contribution is -0.0720. The second-order valence-electron chi connectivity index (χ2n) is 7.78. The average Bonchev–Trinajstić information content (AvgIpc) is 3.12. The van der Waals surface area contributed by atoms with Crippen LogP contribution in [-0.4, -0.2) is 54.8 Å². The Hall–Kier alpha value is -1.43. The molecule has 2 saturated heterocycles. The van der Waals surface area contributed by atoms with Gasteiger partial charge in [0, 0.05) is 38.9 Å². The highest BCUT2D eigenvalue weighted by atomic mass is 32.1. The largest absolute Gasteiger partial charge is 0.373 e. The van der Waals surface area contributed by atoms with Gasteiger partial charge in [0.05, 0.1) is 17.1 Å². The normalized spacial score (nSPS) is 25.5. The predicted molar refractivity (Wildman–Crippen MR) is 109 cm³/mol. The van der Waals surface area contributed by atoms with Crippen molar-refractivity contribution in [2.45, 2.75) is 38.9 Å². The van der Waals surface area contributed by atoms with Crippen molar-refractivity contribution >= 4 is 16.5 Å². The zero-order valence-electron chi connectivity index (χ0n) is 15.8. The van der Waals surface area contributed by atoms with E-state index in [1.165, 1.54) is 35.0 Å². The van der Waals surface area contributed by atoms with E-state index in [4.69, 9.17) is 9.72 Å². The molecule has 5 heteroatoms. The van der Waals surface area contributed by atoms with Crippen molar-refractivity contribution in [3.63, 3.8) is 0 Å². The summed E-state index contributed by atoms with van der Waals surface area (Å²) in [5.74, 6) is 0.803. The van der Waals surface area contributed by atoms with Crippen molar-refractivity contribution in [1.82, 2.24) is 9.88 Å². The minimum Gasteiger partial charge on any atom is -0.373 e. The van der Waals surface area contributed by atoms with Gasteiger partial charge in [0.2, 0.25) is 0 Å². The monoisotopic (exact) mass is 371 g/mol. The van der Waals surface area contributed by atoms with E-state index >= 15 is 0 Å². The maximum absolute atomic E-state index is 5.86. The summed E-state index contributed by atoms with van der Waals surface area (Å²) in [6, 6.07) is 10.6. The molecule has 140 valence electrons. The number of hydrogen-bond acceptors (Lipinski definition) is 5. The summed E-state index contributed by atoms with van der Waals surface area (Å²) in [4.78, 5) is 11.0. The van der Waals surface area contributed by atoms with Gasteiger partial charge in [0.15, 0.2) is 5.13 Å². The Morgan fingerprint density at radius 1 is 1.08 bits per heavy atom. The van der Waals surface area contributed by atoms with Crippen LogP contribution in [0.15, 0.2) is 36.5 Å². The van der Waals surface area contributed by atoms with Crippen molar-refractivity contribution in [2.75, 3.05) is 37.6 Å². The number of piperidine rings is 1. The number of aromatic nitrogens is 1. The molecule has 2 aromatic rings. The lowest BCUT2D eigenvalue weighted by Crippen LogP contribution is -2.48. The SMILES string of the molecule is CC1CN(CC2CCN(c3ncc(-c4ccccc4)s3)CC2)CC(C)O1. The molecule has 2 fully saturated rings. The van der Waals surface area contributed by atoms with Crippen LogP contribution in [0.1, 0.15) is 26.7 Å². The molecule has 1 aromatic carbocycles. The summed E-state index contributed by atoms with van der Waals surface area (Å²) in [5.41, 5.74) is 1.27. The second kappa shape index (κ2) is 8.07. The smallest absolute Gasteiger partial charge is 0.185 e. The fourth-order valence-electron chi connectivity index (χ4n) is 4.25. The van der Waals surface area contributed by atoms with Crippen molar-refractivity contribution < 1.29 is 4.74 Å². The Morgan fingerprint density at radius 3 is 2.46 bits per heavy atom. The van der Waals surface area contributed by atoms with Crippen LogP contribution in [0.25, 0.3) is 10.4 Å². The van der Waals surface area contributed by atoms with Crippen LogP contribution in [0, 0.1) is 5.92 Å². The number of thiazole rings is 1. The van der Waals surface area contributed by atoms with Gasteiger partial charge in [0.1, 0.15) is 0 Å². The van der Waals surface area contributed by atoms with E-state index in [0.29, 0.717) is 12.2 Å². The van der Waals surface area contributed by atoms with Gasteiger partial charge in [-0.05, 0) is 38.2 Å². The highest BCUT2D eigenvalue weighted by Crippen LogP contribution is 2.33. The van der Waals surface area contributed by atoms with Crippen molar-refractivity contribution in [1.29, 1.82) is 0 Å². The van der Waals surface area contributed by atoms with Gasteiger partial charge in [-0.1, -0.05) is 41.7 Å². The third kappa shape index (κ3) is 4.27. The van der Waals surface area contributed by atoms with Gasteiger partial charge in [-0.25, -0.2) is 4.98 Å². The quantitative estimate of drug-likeness (QED) is 0.808. The third-order valence-corrected chi connectivity index (χ3v) is 6.56. The van der Waals surface area contributed by atoms with E-state index in [9.17, 15) is 0 Å². The van der Waals surface area contributed by atoms with Crippen LogP contribution in [-0.2, 0) is 4.74 Å². The Labute approximate surface area is 160 Å². The number of morpholine rings is 1. The summed E-state index contributed by atoms with van der Waals surface area (Å²) in [7, 11) is 0.